The molecule has 0 spiro atoms. The van der Waals surface area contributed by atoms with Crippen LogP contribution in [-0.4, -0.2) is 21.9 Å². The second-order valence-corrected chi connectivity index (χ2v) is 3.71. The van der Waals surface area contributed by atoms with Crippen molar-refractivity contribution < 1.29 is 4.58 Å². The number of amidine groups is 1. The van der Waals surface area contributed by atoms with Crippen molar-refractivity contribution in [2.45, 2.75) is 20.4 Å². The van der Waals surface area contributed by atoms with Gasteiger partial charge in [0.1, 0.15) is 11.7 Å². The summed E-state index contributed by atoms with van der Waals surface area (Å²) in [7, 11) is 0. The van der Waals surface area contributed by atoms with Crippen molar-refractivity contribution in [3.8, 4) is 6.19 Å². The maximum Gasteiger partial charge on any atom is 0.288 e. The fraction of sp³-hybridized carbons (Fsp3) is 0.364. The van der Waals surface area contributed by atoms with Crippen molar-refractivity contribution in [1.29, 1.82) is 5.26 Å². The van der Waals surface area contributed by atoms with Crippen LogP contribution in [-0.2, 0) is 6.54 Å². The SMILES string of the molecule is CC[N+](Cc1ccc(Cl)nc1)=C(C)NC#N. The van der Waals surface area contributed by atoms with Crippen molar-refractivity contribution >= 4 is 17.4 Å². The van der Waals surface area contributed by atoms with Gasteiger partial charge in [-0.15, -0.1) is 5.26 Å². The van der Waals surface area contributed by atoms with Crippen LogP contribution in [0.5, 0.6) is 0 Å². The summed E-state index contributed by atoms with van der Waals surface area (Å²) in [5.41, 5.74) is 1.06. The van der Waals surface area contributed by atoms with E-state index in [1.807, 2.05) is 30.7 Å². The van der Waals surface area contributed by atoms with Crippen LogP contribution in [0.25, 0.3) is 0 Å². The summed E-state index contributed by atoms with van der Waals surface area (Å²) in [6.07, 6.45) is 3.65. The number of rotatable bonds is 3. The molecule has 0 aliphatic rings. The average molecular weight is 238 g/mol. The van der Waals surface area contributed by atoms with Gasteiger partial charge in [0.05, 0.1) is 6.54 Å². The molecular weight excluding hydrogens is 224 g/mol. The summed E-state index contributed by atoms with van der Waals surface area (Å²) in [5.74, 6) is 0.833. The highest BCUT2D eigenvalue weighted by Crippen LogP contribution is 2.06. The normalized spacial score (nSPS) is 11.6. The quantitative estimate of drug-likeness (QED) is 0.218. The van der Waals surface area contributed by atoms with E-state index in [1.165, 1.54) is 0 Å². The Bertz CT molecular complexity index is 417. The van der Waals surface area contributed by atoms with Crippen LogP contribution < -0.4 is 5.32 Å². The van der Waals surface area contributed by atoms with E-state index in [1.54, 1.807) is 12.3 Å². The van der Waals surface area contributed by atoms with Gasteiger partial charge in [-0.2, -0.15) is 5.32 Å². The molecule has 0 saturated heterocycles. The van der Waals surface area contributed by atoms with Crippen molar-refractivity contribution in [1.82, 2.24) is 10.3 Å². The van der Waals surface area contributed by atoms with E-state index in [0.717, 1.165) is 17.9 Å². The van der Waals surface area contributed by atoms with Crippen molar-refractivity contribution in [2.24, 2.45) is 0 Å². The van der Waals surface area contributed by atoms with E-state index >= 15 is 0 Å². The third-order valence-electron chi connectivity index (χ3n) is 2.25. The van der Waals surface area contributed by atoms with Crippen molar-refractivity contribution in [2.75, 3.05) is 6.54 Å². The van der Waals surface area contributed by atoms with Crippen LogP contribution in [0.2, 0.25) is 5.15 Å². The summed E-state index contributed by atoms with van der Waals surface area (Å²) < 4.78 is 2.05. The number of pyridine rings is 1. The number of nitrogens with zero attached hydrogens (tertiary/aromatic N) is 3. The molecule has 0 aromatic carbocycles. The maximum absolute atomic E-state index is 8.55. The minimum Gasteiger partial charge on any atom is -0.261 e. The first-order valence-electron chi connectivity index (χ1n) is 5.01. The molecule has 0 amide bonds. The zero-order valence-electron chi connectivity index (χ0n) is 9.37. The lowest BCUT2D eigenvalue weighted by Crippen LogP contribution is -2.28. The lowest BCUT2D eigenvalue weighted by molar-refractivity contribution is -0.542. The second kappa shape index (κ2) is 6.09. The highest BCUT2D eigenvalue weighted by molar-refractivity contribution is 6.29. The number of nitrogens with one attached hydrogen (secondary N) is 1. The Morgan fingerprint density at radius 1 is 1.62 bits per heavy atom. The molecule has 0 radical (unpaired) electrons. The Hall–Kier alpha value is -1.60. The Morgan fingerprint density at radius 3 is 2.88 bits per heavy atom. The lowest BCUT2D eigenvalue weighted by atomic mass is 10.3. The molecule has 0 unspecified atom stereocenters. The van der Waals surface area contributed by atoms with Gasteiger partial charge in [0.15, 0.2) is 0 Å². The minimum absolute atomic E-state index is 0.489. The zero-order valence-corrected chi connectivity index (χ0v) is 10.1. The van der Waals surface area contributed by atoms with Crippen LogP contribution in [0.3, 0.4) is 0 Å². The van der Waals surface area contributed by atoms with Crippen molar-refractivity contribution in [3.05, 3.63) is 29.0 Å². The Kier molecular flexibility index (Phi) is 4.74. The summed E-state index contributed by atoms with van der Waals surface area (Å²) in [4.78, 5) is 4.02. The van der Waals surface area contributed by atoms with Gasteiger partial charge in [-0.3, -0.25) is 4.58 Å². The fourth-order valence-electron chi connectivity index (χ4n) is 1.35. The van der Waals surface area contributed by atoms with E-state index in [0.29, 0.717) is 11.7 Å². The highest BCUT2D eigenvalue weighted by atomic mass is 35.5. The van der Waals surface area contributed by atoms with Crippen molar-refractivity contribution in [3.63, 3.8) is 0 Å². The highest BCUT2D eigenvalue weighted by Gasteiger charge is 2.06. The first-order valence-corrected chi connectivity index (χ1v) is 5.39. The van der Waals surface area contributed by atoms with Crippen LogP contribution in [0.4, 0.5) is 0 Å². The van der Waals surface area contributed by atoms with Crippen LogP contribution in [0.1, 0.15) is 19.4 Å². The smallest absolute Gasteiger partial charge is 0.261 e. The third-order valence-corrected chi connectivity index (χ3v) is 2.48. The predicted octanol–water partition coefficient (Wildman–Crippen LogP) is 1.76. The standard InChI is InChI=1S/C11H13ClN4/c1-3-16(9(2)15-8-13)7-10-4-5-11(12)14-6-10/h4-6H,3,7H2,1-2H3/p+1. The van der Waals surface area contributed by atoms with Gasteiger partial charge in [0.2, 0.25) is 0 Å². The van der Waals surface area contributed by atoms with Crippen LogP contribution in [0.15, 0.2) is 18.3 Å². The summed E-state index contributed by atoms with van der Waals surface area (Å²) in [5, 5.41) is 11.7. The number of halogens is 1. The third kappa shape index (κ3) is 3.52. The summed E-state index contributed by atoms with van der Waals surface area (Å²) in [6.45, 7) is 5.44. The van der Waals surface area contributed by atoms with Crippen LogP contribution in [0, 0.1) is 11.5 Å². The molecule has 1 N–H and O–H groups in total. The van der Waals surface area contributed by atoms with Gasteiger partial charge < -0.3 is 0 Å². The Labute approximate surface area is 100 Å². The molecule has 0 fully saturated rings. The minimum atomic E-state index is 0.489. The molecule has 16 heavy (non-hydrogen) atoms. The number of hydrogen-bond acceptors (Lipinski definition) is 2. The number of aromatic nitrogens is 1. The average Bonchev–Trinajstić information content (AvgIpc) is 2.28. The number of hydrogen-bond donors (Lipinski definition) is 1. The van der Waals surface area contributed by atoms with Gasteiger partial charge in [-0.05, 0) is 13.0 Å². The van der Waals surface area contributed by atoms with Gasteiger partial charge in [-0.1, -0.05) is 17.7 Å². The monoisotopic (exact) mass is 237 g/mol. The van der Waals surface area contributed by atoms with Crippen LogP contribution >= 0.6 is 11.6 Å². The molecule has 1 aromatic rings. The lowest BCUT2D eigenvalue weighted by Gasteiger charge is -2.06. The first-order chi connectivity index (χ1) is 7.67. The zero-order chi connectivity index (χ0) is 12.0. The molecular formula is C11H14ClN4+. The Morgan fingerprint density at radius 2 is 2.38 bits per heavy atom. The molecule has 1 aromatic heterocycles. The Balaban J connectivity index is 2.82. The topological polar surface area (TPSA) is 51.7 Å². The summed E-state index contributed by atoms with van der Waals surface area (Å²) in [6, 6.07) is 3.69. The van der Waals surface area contributed by atoms with E-state index in [2.05, 4.69) is 10.3 Å². The molecule has 0 atom stereocenters. The molecule has 4 nitrogen and oxygen atoms in total. The van der Waals surface area contributed by atoms with E-state index in [9.17, 15) is 0 Å². The number of nitriles is 1. The van der Waals surface area contributed by atoms with E-state index < -0.39 is 0 Å². The molecule has 5 heteroatoms. The molecule has 0 saturated carbocycles. The van der Waals surface area contributed by atoms with Gasteiger partial charge in [-0.25, -0.2) is 4.98 Å². The largest absolute Gasteiger partial charge is 0.288 e. The second-order valence-electron chi connectivity index (χ2n) is 3.33. The molecule has 0 aliphatic heterocycles. The molecule has 84 valence electrons. The summed E-state index contributed by atoms with van der Waals surface area (Å²) >= 11 is 5.71. The molecule has 1 heterocycles. The molecule has 0 bridgehead atoms. The van der Waals surface area contributed by atoms with E-state index in [4.69, 9.17) is 16.9 Å². The predicted molar refractivity (Wildman–Crippen MR) is 63.2 cm³/mol. The molecule has 1 rings (SSSR count). The van der Waals surface area contributed by atoms with Gasteiger partial charge >= 0.3 is 0 Å². The fourth-order valence-corrected chi connectivity index (χ4v) is 1.46. The maximum atomic E-state index is 8.55. The van der Waals surface area contributed by atoms with E-state index in [-0.39, 0.29) is 0 Å². The molecule has 0 aliphatic carbocycles. The van der Waals surface area contributed by atoms with Gasteiger partial charge in [0.25, 0.3) is 12.0 Å². The van der Waals surface area contributed by atoms with Gasteiger partial charge in [0, 0.05) is 18.7 Å². The first kappa shape index (κ1) is 12.5.